The Hall–Kier alpha value is -2.34. The Morgan fingerprint density at radius 3 is 2.60 bits per heavy atom. The van der Waals surface area contributed by atoms with Gasteiger partial charge in [0.2, 0.25) is 0 Å². The van der Waals surface area contributed by atoms with Gasteiger partial charge in [0, 0.05) is 16.5 Å². The third-order valence-electron chi connectivity index (χ3n) is 3.83. The number of halogens is 4. The van der Waals surface area contributed by atoms with Gasteiger partial charge in [-0.3, -0.25) is 0 Å². The second-order valence-corrected chi connectivity index (χ2v) is 6.20. The first-order valence-corrected chi connectivity index (χ1v) is 8.04. The molecule has 0 aliphatic heterocycles. The van der Waals surface area contributed by atoms with Crippen molar-refractivity contribution < 1.29 is 13.2 Å². The molecule has 0 bridgehead atoms. The maximum atomic E-state index is 12.7. The molecule has 3 nitrogen and oxygen atoms in total. The summed E-state index contributed by atoms with van der Waals surface area (Å²) in [6, 6.07) is 10.9. The van der Waals surface area contributed by atoms with E-state index in [1.54, 1.807) is 0 Å². The molecule has 7 heteroatoms. The van der Waals surface area contributed by atoms with E-state index in [0.717, 1.165) is 23.0 Å². The van der Waals surface area contributed by atoms with Crippen LogP contribution in [0.4, 0.5) is 19.0 Å². The van der Waals surface area contributed by atoms with Crippen molar-refractivity contribution in [2.45, 2.75) is 25.6 Å². The summed E-state index contributed by atoms with van der Waals surface area (Å²) in [4.78, 5) is 8.45. The average Bonchev–Trinajstić information content (AvgIpc) is 2.56. The first-order chi connectivity index (χ1) is 11.8. The summed E-state index contributed by atoms with van der Waals surface area (Å²) in [5.41, 5.74) is 0.719. The molecule has 1 atom stereocenters. The van der Waals surface area contributed by atoms with E-state index in [2.05, 4.69) is 15.3 Å². The van der Waals surface area contributed by atoms with E-state index in [9.17, 15) is 13.2 Å². The molecular formula is C18H15ClF3N3. The summed E-state index contributed by atoms with van der Waals surface area (Å²) in [5.74, 6) is 0.682. The van der Waals surface area contributed by atoms with E-state index in [1.165, 1.54) is 12.4 Å². The van der Waals surface area contributed by atoms with Gasteiger partial charge in [0.15, 0.2) is 0 Å². The molecule has 1 aromatic heterocycles. The lowest BCUT2D eigenvalue weighted by molar-refractivity contribution is -0.137. The van der Waals surface area contributed by atoms with Crippen LogP contribution in [0, 0.1) is 0 Å². The van der Waals surface area contributed by atoms with Crippen LogP contribution >= 0.6 is 11.6 Å². The molecule has 0 saturated heterocycles. The van der Waals surface area contributed by atoms with Crippen LogP contribution in [0.2, 0.25) is 5.02 Å². The van der Waals surface area contributed by atoms with E-state index >= 15 is 0 Å². The molecule has 0 amide bonds. The lowest BCUT2D eigenvalue weighted by atomic mass is 10.0. The van der Waals surface area contributed by atoms with Gasteiger partial charge in [0.05, 0.1) is 11.1 Å². The largest absolute Gasteiger partial charge is 0.416 e. The highest BCUT2D eigenvalue weighted by molar-refractivity contribution is 6.31. The van der Waals surface area contributed by atoms with Crippen LogP contribution < -0.4 is 5.32 Å². The number of para-hydroxylation sites is 1. The number of anilines is 1. The van der Waals surface area contributed by atoms with Gasteiger partial charge in [-0.1, -0.05) is 29.8 Å². The predicted octanol–water partition coefficient (Wildman–Crippen LogP) is 5.35. The summed E-state index contributed by atoms with van der Waals surface area (Å²) < 4.78 is 38.1. The fourth-order valence-corrected chi connectivity index (χ4v) is 2.88. The van der Waals surface area contributed by atoms with Gasteiger partial charge < -0.3 is 5.32 Å². The zero-order valence-electron chi connectivity index (χ0n) is 13.3. The van der Waals surface area contributed by atoms with Crippen LogP contribution in [0.25, 0.3) is 10.9 Å². The van der Waals surface area contributed by atoms with E-state index in [4.69, 9.17) is 11.6 Å². The van der Waals surface area contributed by atoms with Crippen LogP contribution in [0.15, 0.2) is 48.8 Å². The normalized spacial score (nSPS) is 13.0. The Morgan fingerprint density at radius 1 is 1.12 bits per heavy atom. The number of rotatable bonds is 4. The third-order valence-corrected chi connectivity index (χ3v) is 4.18. The SMILES string of the molecule is CC(Cc1ccc(C(F)(F)F)cc1Cl)Nc1ncnc2ccccc12. The summed E-state index contributed by atoms with van der Waals surface area (Å²) in [6.07, 6.45) is -2.45. The van der Waals surface area contributed by atoms with Crippen molar-refractivity contribution in [1.29, 1.82) is 0 Å². The standard InChI is InChI=1S/C18H15ClF3N3/c1-11(8-12-6-7-13(9-15(12)19)18(20,21)22)25-17-14-4-2-3-5-16(14)23-10-24-17/h2-7,9-11H,8H2,1H3,(H,23,24,25). The molecule has 0 radical (unpaired) electrons. The Balaban J connectivity index is 1.77. The highest BCUT2D eigenvalue weighted by atomic mass is 35.5. The molecule has 0 aliphatic rings. The highest BCUT2D eigenvalue weighted by Crippen LogP contribution is 2.32. The molecule has 0 saturated carbocycles. The Morgan fingerprint density at radius 2 is 1.88 bits per heavy atom. The summed E-state index contributed by atoms with van der Waals surface area (Å²) in [7, 11) is 0. The third kappa shape index (κ3) is 4.02. The number of hydrogen-bond acceptors (Lipinski definition) is 3. The zero-order valence-corrected chi connectivity index (χ0v) is 14.1. The zero-order chi connectivity index (χ0) is 18.0. The van der Waals surface area contributed by atoms with Crippen molar-refractivity contribution in [1.82, 2.24) is 9.97 Å². The minimum absolute atomic E-state index is 0.0763. The lowest BCUT2D eigenvalue weighted by Gasteiger charge is -2.17. The fourth-order valence-electron chi connectivity index (χ4n) is 2.62. The molecule has 130 valence electrons. The van der Waals surface area contributed by atoms with Gasteiger partial charge in [-0.15, -0.1) is 0 Å². The van der Waals surface area contributed by atoms with Crippen molar-refractivity contribution in [3.63, 3.8) is 0 Å². The van der Waals surface area contributed by atoms with Crippen LogP contribution in [-0.2, 0) is 12.6 Å². The van der Waals surface area contributed by atoms with Crippen molar-refractivity contribution in [2.24, 2.45) is 0 Å². The number of aromatic nitrogens is 2. The van der Waals surface area contributed by atoms with Gasteiger partial charge in [0.25, 0.3) is 0 Å². The number of nitrogens with zero attached hydrogens (tertiary/aromatic N) is 2. The number of benzene rings is 2. The molecule has 3 aromatic rings. The first-order valence-electron chi connectivity index (χ1n) is 7.66. The maximum absolute atomic E-state index is 12.7. The fraction of sp³-hybridized carbons (Fsp3) is 0.222. The first kappa shape index (κ1) is 17.5. The molecule has 1 heterocycles. The molecule has 0 fully saturated rings. The Kier molecular flexibility index (Phi) is 4.81. The molecule has 25 heavy (non-hydrogen) atoms. The quantitative estimate of drug-likeness (QED) is 0.677. The van der Waals surface area contributed by atoms with Gasteiger partial charge in [0.1, 0.15) is 12.1 Å². The van der Waals surface area contributed by atoms with E-state index in [-0.39, 0.29) is 11.1 Å². The van der Waals surface area contributed by atoms with Gasteiger partial charge in [-0.25, -0.2) is 9.97 Å². The molecule has 2 aromatic carbocycles. The van der Waals surface area contributed by atoms with E-state index in [1.807, 2.05) is 31.2 Å². The average molecular weight is 366 g/mol. The van der Waals surface area contributed by atoms with Crippen molar-refractivity contribution in [3.8, 4) is 0 Å². The minimum atomic E-state index is -4.40. The molecule has 3 rings (SSSR count). The number of nitrogens with one attached hydrogen (secondary N) is 1. The van der Waals surface area contributed by atoms with E-state index in [0.29, 0.717) is 17.8 Å². The Bertz CT molecular complexity index is 891. The highest BCUT2D eigenvalue weighted by Gasteiger charge is 2.30. The van der Waals surface area contributed by atoms with Crippen LogP contribution in [-0.4, -0.2) is 16.0 Å². The van der Waals surface area contributed by atoms with Crippen molar-refractivity contribution in [3.05, 3.63) is 64.9 Å². The molecule has 0 aliphatic carbocycles. The predicted molar refractivity (Wildman–Crippen MR) is 92.8 cm³/mol. The lowest BCUT2D eigenvalue weighted by Crippen LogP contribution is -2.19. The monoisotopic (exact) mass is 365 g/mol. The Labute approximate surface area is 147 Å². The van der Waals surface area contributed by atoms with Crippen molar-refractivity contribution >= 4 is 28.3 Å². The van der Waals surface area contributed by atoms with Crippen molar-refractivity contribution in [2.75, 3.05) is 5.32 Å². The summed E-state index contributed by atoms with van der Waals surface area (Å²) in [6.45, 7) is 1.92. The molecular weight excluding hydrogens is 351 g/mol. The van der Waals surface area contributed by atoms with Crippen LogP contribution in [0.5, 0.6) is 0 Å². The topological polar surface area (TPSA) is 37.8 Å². The van der Waals surface area contributed by atoms with Crippen LogP contribution in [0.3, 0.4) is 0 Å². The van der Waals surface area contributed by atoms with Gasteiger partial charge in [-0.2, -0.15) is 13.2 Å². The number of alkyl halides is 3. The van der Waals surface area contributed by atoms with E-state index < -0.39 is 11.7 Å². The number of hydrogen-bond donors (Lipinski definition) is 1. The molecule has 0 spiro atoms. The maximum Gasteiger partial charge on any atom is 0.416 e. The molecule has 1 unspecified atom stereocenters. The van der Waals surface area contributed by atoms with Crippen LogP contribution in [0.1, 0.15) is 18.1 Å². The van der Waals surface area contributed by atoms with Gasteiger partial charge >= 0.3 is 6.18 Å². The summed E-state index contributed by atoms with van der Waals surface area (Å²) in [5, 5.41) is 4.27. The second kappa shape index (κ2) is 6.88. The second-order valence-electron chi connectivity index (χ2n) is 5.79. The van der Waals surface area contributed by atoms with Gasteiger partial charge in [-0.05, 0) is 43.2 Å². The summed E-state index contributed by atoms with van der Waals surface area (Å²) >= 11 is 6.02. The molecule has 1 N–H and O–H groups in total. The minimum Gasteiger partial charge on any atom is -0.367 e. The number of fused-ring (bicyclic) bond motifs is 1. The smallest absolute Gasteiger partial charge is 0.367 e.